The zero-order chi connectivity index (χ0) is 18.7. The molecule has 0 saturated carbocycles. The minimum absolute atomic E-state index is 0.185. The molecule has 3 aromatic rings. The smallest absolute Gasteiger partial charge is 0.255 e. The lowest BCUT2D eigenvalue weighted by molar-refractivity contribution is 0.102. The molecule has 0 bridgehead atoms. The number of hydrogen-bond acceptors (Lipinski definition) is 6. The summed E-state index contributed by atoms with van der Waals surface area (Å²) in [7, 11) is 4.43. The van der Waals surface area contributed by atoms with Gasteiger partial charge < -0.3 is 23.9 Å². The number of ether oxygens (including phenoxy) is 3. The summed E-state index contributed by atoms with van der Waals surface area (Å²) in [5.41, 5.74) is 1.05. The van der Waals surface area contributed by atoms with Crippen LogP contribution in [0.3, 0.4) is 0 Å². The molecule has 26 heavy (non-hydrogen) atoms. The van der Waals surface area contributed by atoms with Crippen molar-refractivity contribution in [3.8, 4) is 17.2 Å². The van der Waals surface area contributed by atoms with Crippen molar-refractivity contribution < 1.29 is 23.4 Å². The molecule has 0 atom stereocenters. The number of carbonyl (C=O) groups excluding carboxylic acids is 1. The van der Waals surface area contributed by atoms with Gasteiger partial charge in [-0.1, -0.05) is 0 Å². The van der Waals surface area contributed by atoms with Crippen LogP contribution in [-0.2, 0) is 0 Å². The highest BCUT2D eigenvalue weighted by atomic mass is 16.5. The molecular formula is C19H17NO6. The average molecular weight is 355 g/mol. The third kappa shape index (κ3) is 3.19. The van der Waals surface area contributed by atoms with Crippen LogP contribution in [0, 0.1) is 0 Å². The topological polar surface area (TPSA) is 87.0 Å². The maximum absolute atomic E-state index is 12.6. The van der Waals surface area contributed by atoms with E-state index in [0.29, 0.717) is 39.5 Å². The lowest BCUT2D eigenvalue weighted by Gasteiger charge is -2.14. The monoisotopic (exact) mass is 355 g/mol. The van der Waals surface area contributed by atoms with Crippen molar-refractivity contribution in [1.29, 1.82) is 0 Å². The molecule has 1 aromatic heterocycles. The van der Waals surface area contributed by atoms with Crippen LogP contribution in [-0.4, -0.2) is 27.2 Å². The molecule has 3 rings (SSSR count). The quantitative estimate of drug-likeness (QED) is 0.757. The molecule has 0 saturated heterocycles. The Bertz CT molecular complexity index is 999. The fourth-order valence-electron chi connectivity index (χ4n) is 2.58. The lowest BCUT2D eigenvalue weighted by Crippen LogP contribution is -2.13. The van der Waals surface area contributed by atoms with E-state index in [1.54, 1.807) is 30.3 Å². The van der Waals surface area contributed by atoms with Crippen molar-refractivity contribution in [1.82, 2.24) is 0 Å². The van der Waals surface area contributed by atoms with E-state index in [4.69, 9.17) is 18.6 Å². The third-order valence-corrected chi connectivity index (χ3v) is 3.84. The molecule has 0 aliphatic heterocycles. The standard InChI is InChI=1S/C19H17NO6/c1-23-16-8-11(9-17(24-2)18(16)25-3)19(22)20-12-4-5-15-13(10-12)14(21)6-7-26-15/h4-10H,1-3H3,(H,20,22). The molecule has 0 radical (unpaired) electrons. The normalized spacial score (nSPS) is 10.4. The first-order valence-corrected chi connectivity index (χ1v) is 7.70. The van der Waals surface area contributed by atoms with E-state index in [1.165, 1.54) is 33.7 Å². The van der Waals surface area contributed by atoms with Gasteiger partial charge in [0.05, 0.1) is 33.0 Å². The molecule has 1 amide bonds. The second-order valence-corrected chi connectivity index (χ2v) is 5.36. The van der Waals surface area contributed by atoms with Crippen molar-refractivity contribution in [3.63, 3.8) is 0 Å². The van der Waals surface area contributed by atoms with Crippen LogP contribution in [0.1, 0.15) is 10.4 Å². The maximum Gasteiger partial charge on any atom is 0.255 e. The molecule has 1 N–H and O–H groups in total. The largest absolute Gasteiger partial charge is 0.493 e. The maximum atomic E-state index is 12.6. The van der Waals surface area contributed by atoms with Gasteiger partial charge in [0.15, 0.2) is 16.9 Å². The molecule has 0 aliphatic rings. The molecule has 7 heteroatoms. The first-order valence-electron chi connectivity index (χ1n) is 7.70. The predicted octanol–water partition coefficient (Wildman–Crippen LogP) is 3.07. The number of fused-ring (bicyclic) bond motifs is 1. The molecule has 0 spiro atoms. The van der Waals surface area contributed by atoms with Crippen molar-refractivity contribution in [2.75, 3.05) is 26.6 Å². The van der Waals surface area contributed by atoms with Crippen molar-refractivity contribution in [2.45, 2.75) is 0 Å². The second-order valence-electron chi connectivity index (χ2n) is 5.36. The Kier molecular flexibility index (Phi) is 4.79. The number of methoxy groups -OCH3 is 3. The van der Waals surface area contributed by atoms with E-state index in [-0.39, 0.29) is 11.3 Å². The highest BCUT2D eigenvalue weighted by Crippen LogP contribution is 2.38. The van der Waals surface area contributed by atoms with Crippen molar-refractivity contribution >= 4 is 22.6 Å². The number of amides is 1. The summed E-state index contributed by atoms with van der Waals surface area (Å²) in [6, 6.07) is 9.27. The second kappa shape index (κ2) is 7.18. The fourth-order valence-corrected chi connectivity index (χ4v) is 2.58. The molecule has 134 valence electrons. The van der Waals surface area contributed by atoms with Gasteiger partial charge in [-0.15, -0.1) is 0 Å². The van der Waals surface area contributed by atoms with Crippen molar-refractivity contribution in [3.05, 3.63) is 58.4 Å². The SMILES string of the molecule is COc1cc(C(=O)Nc2ccc3occc(=O)c3c2)cc(OC)c1OC. The number of benzene rings is 2. The zero-order valence-electron chi connectivity index (χ0n) is 14.5. The first kappa shape index (κ1) is 17.3. The van der Waals surface area contributed by atoms with Gasteiger partial charge in [0.25, 0.3) is 5.91 Å². The Hall–Kier alpha value is -3.48. The number of rotatable bonds is 5. The van der Waals surface area contributed by atoms with Gasteiger partial charge in [0.2, 0.25) is 5.75 Å². The van der Waals surface area contributed by atoms with Crippen LogP contribution in [0.4, 0.5) is 5.69 Å². The van der Waals surface area contributed by atoms with E-state index in [0.717, 1.165) is 0 Å². The summed E-state index contributed by atoms with van der Waals surface area (Å²) in [4.78, 5) is 24.5. The Morgan fingerprint density at radius 1 is 0.962 bits per heavy atom. The van der Waals surface area contributed by atoms with Crippen molar-refractivity contribution in [2.24, 2.45) is 0 Å². The summed E-state index contributed by atoms with van der Waals surface area (Å²) >= 11 is 0. The molecule has 0 unspecified atom stereocenters. The predicted molar refractivity (Wildman–Crippen MR) is 96.5 cm³/mol. The van der Waals surface area contributed by atoms with Crippen LogP contribution in [0.2, 0.25) is 0 Å². The van der Waals surface area contributed by atoms with E-state index in [1.807, 2.05) is 0 Å². The number of anilines is 1. The van der Waals surface area contributed by atoms with Gasteiger partial charge in [-0.2, -0.15) is 0 Å². The van der Waals surface area contributed by atoms with E-state index >= 15 is 0 Å². The summed E-state index contributed by atoms with van der Waals surface area (Å²) in [6.45, 7) is 0. The van der Waals surface area contributed by atoms with Gasteiger partial charge in [-0.05, 0) is 30.3 Å². The van der Waals surface area contributed by atoms with Crippen LogP contribution in [0.25, 0.3) is 11.0 Å². The first-order chi connectivity index (χ1) is 12.6. The Morgan fingerprint density at radius 3 is 2.27 bits per heavy atom. The Balaban J connectivity index is 1.95. The highest BCUT2D eigenvalue weighted by molar-refractivity contribution is 6.05. The van der Waals surface area contributed by atoms with E-state index in [9.17, 15) is 9.59 Å². The summed E-state index contributed by atoms with van der Waals surface area (Å²) in [6.07, 6.45) is 1.33. The third-order valence-electron chi connectivity index (χ3n) is 3.84. The van der Waals surface area contributed by atoms with Gasteiger partial charge in [-0.25, -0.2) is 0 Å². The van der Waals surface area contributed by atoms with Crippen LogP contribution < -0.4 is 25.0 Å². The molecule has 0 fully saturated rings. The van der Waals surface area contributed by atoms with Gasteiger partial charge in [-0.3, -0.25) is 9.59 Å². The molecule has 2 aromatic carbocycles. The van der Waals surface area contributed by atoms with Gasteiger partial charge in [0.1, 0.15) is 5.58 Å². The van der Waals surface area contributed by atoms with Gasteiger partial charge >= 0.3 is 0 Å². The van der Waals surface area contributed by atoms with E-state index < -0.39 is 0 Å². The minimum Gasteiger partial charge on any atom is -0.493 e. The Labute approximate surface area is 149 Å². The average Bonchev–Trinajstić information content (AvgIpc) is 2.67. The molecular weight excluding hydrogens is 338 g/mol. The highest BCUT2D eigenvalue weighted by Gasteiger charge is 2.17. The number of nitrogens with one attached hydrogen (secondary N) is 1. The number of hydrogen-bond donors (Lipinski definition) is 1. The van der Waals surface area contributed by atoms with Crippen LogP contribution >= 0.6 is 0 Å². The molecule has 7 nitrogen and oxygen atoms in total. The van der Waals surface area contributed by atoms with Crippen LogP contribution in [0.15, 0.2) is 51.9 Å². The summed E-state index contributed by atoms with van der Waals surface area (Å²) in [5.74, 6) is 0.756. The Morgan fingerprint density at radius 2 is 1.65 bits per heavy atom. The molecule has 1 heterocycles. The van der Waals surface area contributed by atoms with E-state index in [2.05, 4.69) is 5.32 Å². The minimum atomic E-state index is -0.385. The number of carbonyl (C=O) groups is 1. The lowest BCUT2D eigenvalue weighted by atomic mass is 10.1. The molecule has 0 aliphatic carbocycles. The zero-order valence-corrected chi connectivity index (χ0v) is 14.5. The fraction of sp³-hybridized carbons (Fsp3) is 0.158. The van der Waals surface area contributed by atoms with Crippen LogP contribution in [0.5, 0.6) is 17.2 Å². The summed E-state index contributed by atoms with van der Waals surface area (Å²) < 4.78 is 21.0. The summed E-state index contributed by atoms with van der Waals surface area (Å²) in [5, 5.41) is 3.13. The van der Waals surface area contributed by atoms with Gasteiger partial charge in [0, 0.05) is 17.3 Å².